The average molecular weight is 247 g/mol. The zero-order chi connectivity index (χ0) is 12.0. The van der Waals surface area contributed by atoms with Gasteiger partial charge < -0.3 is 15.4 Å². The number of hydrogen-bond donors (Lipinski definition) is 2. The van der Waals surface area contributed by atoms with E-state index in [1.54, 1.807) is 0 Å². The summed E-state index contributed by atoms with van der Waals surface area (Å²) in [6.45, 7) is 0.811. The van der Waals surface area contributed by atoms with Gasteiger partial charge >= 0.3 is 6.03 Å². The Balaban J connectivity index is 2.49. The van der Waals surface area contributed by atoms with Gasteiger partial charge in [-0.05, 0) is 18.2 Å². The van der Waals surface area contributed by atoms with Crippen molar-refractivity contribution < 1.29 is 13.9 Å². The molecule has 0 aliphatic rings. The lowest BCUT2D eigenvalue weighted by atomic mass is 10.3. The number of carbonyl (C=O) groups is 1. The number of amides is 2. The van der Waals surface area contributed by atoms with Crippen LogP contribution in [0.4, 0.5) is 14.9 Å². The van der Waals surface area contributed by atoms with Crippen molar-refractivity contribution in [3.8, 4) is 0 Å². The quantitative estimate of drug-likeness (QED) is 0.801. The van der Waals surface area contributed by atoms with Gasteiger partial charge in [0.05, 0.1) is 17.3 Å². The second-order valence-corrected chi connectivity index (χ2v) is 3.41. The summed E-state index contributed by atoms with van der Waals surface area (Å²) in [6, 6.07) is 3.34. The molecule has 16 heavy (non-hydrogen) atoms. The van der Waals surface area contributed by atoms with Crippen molar-refractivity contribution in [3.63, 3.8) is 0 Å². The summed E-state index contributed by atoms with van der Waals surface area (Å²) in [5.74, 6) is -0.449. The molecule has 0 aliphatic heterocycles. The largest absolute Gasteiger partial charge is 0.383 e. The first-order chi connectivity index (χ1) is 7.63. The minimum Gasteiger partial charge on any atom is -0.383 e. The molecule has 0 aliphatic carbocycles. The van der Waals surface area contributed by atoms with Crippen LogP contribution in [0, 0.1) is 5.82 Å². The van der Waals surface area contributed by atoms with Crippen molar-refractivity contribution in [1.82, 2.24) is 5.32 Å². The minimum absolute atomic E-state index is 0.155. The van der Waals surface area contributed by atoms with Gasteiger partial charge in [0.15, 0.2) is 0 Å². The SMILES string of the molecule is COCCNC(=O)Nc1ccc(F)cc1Cl. The van der Waals surface area contributed by atoms with E-state index in [1.807, 2.05) is 0 Å². The summed E-state index contributed by atoms with van der Waals surface area (Å²) >= 11 is 5.73. The third kappa shape index (κ3) is 4.04. The molecule has 88 valence electrons. The van der Waals surface area contributed by atoms with Crippen LogP contribution in [0.1, 0.15) is 0 Å². The molecule has 0 atom stereocenters. The van der Waals surface area contributed by atoms with Crippen LogP contribution in [0.15, 0.2) is 18.2 Å². The Bertz CT molecular complexity index is 374. The summed E-state index contributed by atoms with van der Waals surface area (Å²) in [5, 5.41) is 5.19. The van der Waals surface area contributed by atoms with Crippen molar-refractivity contribution in [2.45, 2.75) is 0 Å². The second kappa shape index (κ2) is 6.30. The van der Waals surface area contributed by atoms with Gasteiger partial charge in [-0.2, -0.15) is 0 Å². The topological polar surface area (TPSA) is 50.4 Å². The van der Waals surface area contributed by atoms with Gasteiger partial charge in [0.25, 0.3) is 0 Å². The van der Waals surface area contributed by atoms with Gasteiger partial charge in [-0.15, -0.1) is 0 Å². The van der Waals surface area contributed by atoms with Crippen molar-refractivity contribution in [3.05, 3.63) is 29.0 Å². The van der Waals surface area contributed by atoms with Crippen molar-refractivity contribution in [2.24, 2.45) is 0 Å². The number of ether oxygens (including phenoxy) is 1. The third-order valence-electron chi connectivity index (χ3n) is 1.77. The van der Waals surface area contributed by atoms with E-state index >= 15 is 0 Å². The van der Waals surface area contributed by atoms with Gasteiger partial charge in [0.2, 0.25) is 0 Å². The first-order valence-corrected chi connectivity index (χ1v) is 5.00. The maximum atomic E-state index is 12.7. The van der Waals surface area contributed by atoms with E-state index in [9.17, 15) is 9.18 Å². The Morgan fingerprint density at radius 3 is 2.94 bits per heavy atom. The summed E-state index contributed by atoms with van der Waals surface area (Å²) < 4.78 is 17.5. The van der Waals surface area contributed by atoms with E-state index < -0.39 is 11.8 Å². The van der Waals surface area contributed by atoms with E-state index in [0.29, 0.717) is 18.8 Å². The van der Waals surface area contributed by atoms with Crippen molar-refractivity contribution in [2.75, 3.05) is 25.6 Å². The fourth-order valence-electron chi connectivity index (χ4n) is 1.02. The number of halogens is 2. The predicted molar refractivity (Wildman–Crippen MR) is 60.3 cm³/mol. The Morgan fingerprint density at radius 1 is 1.56 bits per heavy atom. The first kappa shape index (κ1) is 12.7. The molecule has 0 unspecified atom stereocenters. The van der Waals surface area contributed by atoms with Crippen LogP contribution in [0.5, 0.6) is 0 Å². The van der Waals surface area contributed by atoms with E-state index in [-0.39, 0.29) is 5.02 Å². The fourth-order valence-corrected chi connectivity index (χ4v) is 1.24. The van der Waals surface area contributed by atoms with Gasteiger partial charge in [-0.25, -0.2) is 9.18 Å². The summed E-state index contributed by atoms with van der Waals surface area (Å²) in [4.78, 5) is 11.3. The number of rotatable bonds is 4. The standard InChI is InChI=1S/C10H12ClFN2O2/c1-16-5-4-13-10(15)14-9-3-2-7(12)6-8(9)11/h2-3,6H,4-5H2,1H3,(H2,13,14,15). The smallest absolute Gasteiger partial charge is 0.319 e. The molecule has 4 nitrogen and oxygen atoms in total. The van der Waals surface area contributed by atoms with Crippen LogP contribution in [-0.4, -0.2) is 26.3 Å². The number of methoxy groups -OCH3 is 1. The van der Waals surface area contributed by atoms with Crippen LogP contribution in [0.3, 0.4) is 0 Å². The van der Waals surface area contributed by atoms with Crippen molar-refractivity contribution >= 4 is 23.3 Å². The predicted octanol–water partition coefficient (Wildman–Crippen LogP) is 2.25. The molecule has 0 saturated carbocycles. The number of urea groups is 1. The lowest BCUT2D eigenvalue weighted by molar-refractivity contribution is 0.198. The van der Waals surface area contributed by atoms with Gasteiger partial charge in [-0.3, -0.25) is 0 Å². The van der Waals surface area contributed by atoms with Gasteiger partial charge in [0.1, 0.15) is 5.82 Å². The van der Waals surface area contributed by atoms with Crippen LogP contribution in [-0.2, 0) is 4.74 Å². The molecular weight excluding hydrogens is 235 g/mol. The summed E-state index contributed by atoms with van der Waals surface area (Å²) in [7, 11) is 1.54. The highest BCUT2D eigenvalue weighted by Crippen LogP contribution is 2.21. The molecule has 2 amide bonds. The van der Waals surface area contributed by atoms with Crippen LogP contribution in [0.2, 0.25) is 5.02 Å². The average Bonchev–Trinajstić information content (AvgIpc) is 2.23. The molecule has 0 heterocycles. The molecule has 0 saturated heterocycles. The van der Waals surface area contributed by atoms with E-state index in [0.717, 1.165) is 6.07 Å². The molecule has 1 aromatic rings. The minimum atomic E-state index is -0.449. The van der Waals surface area contributed by atoms with E-state index in [1.165, 1.54) is 19.2 Å². The molecule has 0 radical (unpaired) electrons. The second-order valence-electron chi connectivity index (χ2n) is 3.00. The Hall–Kier alpha value is -1.33. The normalized spacial score (nSPS) is 9.94. The maximum Gasteiger partial charge on any atom is 0.319 e. The monoisotopic (exact) mass is 246 g/mol. The lowest BCUT2D eigenvalue weighted by Crippen LogP contribution is -2.31. The molecule has 0 spiro atoms. The highest BCUT2D eigenvalue weighted by atomic mass is 35.5. The number of hydrogen-bond acceptors (Lipinski definition) is 2. The molecule has 0 fully saturated rings. The Morgan fingerprint density at radius 2 is 2.31 bits per heavy atom. The Labute approximate surface area is 97.7 Å². The highest BCUT2D eigenvalue weighted by molar-refractivity contribution is 6.33. The van der Waals surface area contributed by atoms with Crippen molar-refractivity contribution in [1.29, 1.82) is 0 Å². The molecule has 1 aromatic carbocycles. The van der Waals surface area contributed by atoms with Gasteiger partial charge in [0, 0.05) is 13.7 Å². The number of carbonyl (C=O) groups excluding carboxylic acids is 1. The molecule has 2 N–H and O–H groups in total. The van der Waals surface area contributed by atoms with E-state index in [4.69, 9.17) is 16.3 Å². The van der Waals surface area contributed by atoms with Crippen LogP contribution < -0.4 is 10.6 Å². The number of nitrogens with one attached hydrogen (secondary N) is 2. The highest BCUT2D eigenvalue weighted by Gasteiger charge is 2.05. The maximum absolute atomic E-state index is 12.7. The lowest BCUT2D eigenvalue weighted by Gasteiger charge is -2.08. The molecule has 1 rings (SSSR count). The van der Waals surface area contributed by atoms with Gasteiger partial charge in [-0.1, -0.05) is 11.6 Å². The third-order valence-corrected chi connectivity index (χ3v) is 2.08. The zero-order valence-corrected chi connectivity index (χ0v) is 9.47. The van der Waals surface area contributed by atoms with E-state index in [2.05, 4.69) is 10.6 Å². The fraction of sp³-hybridized carbons (Fsp3) is 0.300. The van der Waals surface area contributed by atoms with Crippen LogP contribution >= 0.6 is 11.6 Å². The van der Waals surface area contributed by atoms with Crippen LogP contribution in [0.25, 0.3) is 0 Å². The molecular formula is C10H12ClFN2O2. The first-order valence-electron chi connectivity index (χ1n) is 4.62. The molecule has 0 aromatic heterocycles. The summed E-state index contributed by atoms with van der Waals surface area (Å²) in [6.07, 6.45) is 0. The zero-order valence-electron chi connectivity index (χ0n) is 8.72. The number of benzene rings is 1. The molecule has 6 heteroatoms. The summed E-state index contributed by atoms with van der Waals surface area (Å²) in [5.41, 5.74) is 0.359. The molecule has 0 bridgehead atoms. The Kier molecular flexibility index (Phi) is 5.01. The number of anilines is 1.